The zero-order chi connectivity index (χ0) is 18.2. The van der Waals surface area contributed by atoms with Gasteiger partial charge in [0.2, 0.25) is 5.91 Å². The number of hydrogen-bond acceptors (Lipinski definition) is 5. The minimum absolute atomic E-state index is 0.0323. The largest absolute Gasteiger partial charge is 0.380 e. The number of aryl methyl sites for hydroxylation is 2. The minimum atomic E-state index is 0.0323. The van der Waals surface area contributed by atoms with Crippen LogP contribution in [0.2, 0.25) is 0 Å². The summed E-state index contributed by atoms with van der Waals surface area (Å²) in [5, 5.41) is 3.75. The number of carbonyl (C=O) groups excluding carboxylic acids is 1. The van der Waals surface area contributed by atoms with Crippen molar-refractivity contribution in [1.82, 2.24) is 15.3 Å². The predicted octanol–water partition coefficient (Wildman–Crippen LogP) is 3.21. The number of nitrogens with one attached hydrogen (secondary N) is 1. The molecule has 0 atom stereocenters. The van der Waals surface area contributed by atoms with Gasteiger partial charge in [-0.15, -0.1) is 0 Å². The number of benzene rings is 1. The summed E-state index contributed by atoms with van der Waals surface area (Å²) in [6.07, 6.45) is 3.05. The number of hydrogen-bond donors (Lipinski definition) is 1. The third-order valence-corrected chi connectivity index (χ3v) is 4.52. The summed E-state index contributed by atoms with van der Waals surface area (Å²) in [5.41, 5.74) is 5.15. The van der Waals surface area contributed by atoms with Gasteiger partial charge in [-0.25, -0.2) is 9.97 Å². The fourth-order valence-electron chi connectivity index (χ4n) is 2.69. The maximum Gasteiger partial charge on any atom is 0.220 e. The number of carbonyl (C=O) groups is 1. The highest BCUT2D eigenvalue weighted by atomic mass is 32.2. The molecule has 0 spiro atoms. The van der Waals surface area contributed by atoms with Gasteiger partial charge in [0, 0.05) is 31.5 Å². The fraction of sp³-hybridized carbons (Fsp3) is 0.421. The second kappa shape index (κ2) is 9.53. The van der Waals surface area contributed by atoms with Crippen LogP contribution in [0.5, 0.6) is 0 Å². The van der Waals surface area contributed by atoms with Gasteiger partial charge < -0.3 is 10.1 Å². The highest BCUT2D eigenvalue weighted by molar-refractivity contribution is 7.98. The second-order valence-corrected chi connectivity index (χ2v) is 6.66. The van der Waals surface area contributed by atoms with Gasteiger partial charge in [0.15, 0.2) is 5.16 Å². The first-order chi connectivity index (χ1) is 12.0. The van der Waals surface area contributed by atoms with E-state index in [9.17, 15) is 4.79 Å². The Labute approximate surface area is 153 Å². The molecule has 0 aliphatic rings. The molecule has 1 heterocycles. The van der Waals surface area contributed by atoms with E-state index >= 15 is 0 Å². The molecule has 5 nitrogen and oxygen atoms in total. The lowest BCUT2D eigenvalue weighted by molar-refractivity contribution is -0.121. The van der Waals surface area contributed by atoms with E-state index in [4.69, 9.17) is 4.74 Å². The van der Waals surface area contributed by atoms with Crippen LogP contribution in [0.1, 0.15) is 34.5 Å². The van der Waals surface area contributed by atoms with E-state index in [0.717, 1.165) is 33.2 Å². The van der Waals surface area contributed by atoms with Crippen molar-refractivity contribution in [3.63, 3.8) is 0 Å². The first-order valence-electron chi connectivity index (χ1n) is 8.25. The maximum absolute atomic E-state index is 12.2. The van der Waals surface area contributed by atoms with Crippen LogP contribution in [0, 0.1) is 13.8 Å². The number of amides is 1. The summed E-state index contributed by atoms with van der Waals surface area (Å²) in [7, 11) is 1.67. The Hall–Kier alpha value is -1.92. The number of nitrogens with zero attached hydrogens (tertiary/aromatic N) is 2. The van der Waals surface area contributed by atoms with Crippen LogP contribution < -0.4 is 5.32 Å². The average Bonchev–Trinajstić information content (AvgIpc) is 2.59. The lowest BCUT2D eigenvalue weighted by atomic mass is 10.1. The number of thioether (sulfide) groups is 1. The van der Waals surface area contributed by atoms with E-state index in [2.05, 4.69) is 15.3 Å². The Bertz CT molecular complexity index is 711. The van der Waals surface area contributed by atoms with E-state index in [1.807, 2.05) is 44.4 Å². The molecule has 6 heteroatoms. The molecular formula is C19H25N3O2S. The van der Waals surface area contributed by atoms with E-state index in [-0.39, 0.29) is 5.91 Å². The smallest absolute Gasteiger partial charge is 0.220 e. The SMILES string of the molecule is COCc1cccc(CNC(=O)CCc2c(C)nc(SC)nc2C)c1. The summed E-state index contributed by atoms with van der Waals surface area (Å²) in [6, 6.07) is 8.04. The van der Waals surface area contributed by atoms with Crippen LogP contribution in [0.15, 0.2) is 29.4 Å². The third-order valence-electron chi connectivity index (χ3n) is 3.98. The molecule has 1 aromatic heterocycles. The summed E-state index contributed by atoms with van der Waals surface area (Å²) in [6.45, 7) is 5.05. The van der Waals surface area contributed by atoms with Gasteiger partial charge in [0.25, 0.3) is 0 Å². The predicted molar refractivity (Wildman–Crippen MR) is 101 cm³/mol. The molecule has 0 aliphatic heterocycles. The van der Waals surface area contributed by atoms with Gasteiger partial charge in [-0.05, 0) is 43.2 Å². The Kier molecular flexibility index (Phi) is 7.40. The first-order valence-corrected chi connectivity index (χ1v) is 9.47. The minimum Gasteiger partial charge on any atom is -0.380 e. The van der Waals surface area contributed by atoms with Crippen LogP contribution in [0.3, 0.4) is 0 Å². The molecule has 0 saturated heterocycles. The molecule has 25 heavy (non-hydrogen) atoms. The van der Waals surface area contributed by atoms with Crippen molar-refractivity contribution in [3.8, 4) is 0 Å². The van der Waals surface area contributed by atoms with E-state index < -0.39 is 0 Å². The Morgan fingerprint density at radius 3 is 2.52 bits per heavy atom. The van der Waals surface area contributed by atoms with Crippen molar-refractivity contribution in [2.45, 2.75) is 45.0 Å². The monoisotopic (exact) mass is 359 g/mol. The Balaban J connectivity index is 1.88. The molecule has 2 rings (SSSR count). The molecule has 0 saturated carbocycles. The molecule has 0 aliphatic carbocycles. The molecule has 1 aromatic carbocycles. The maximum atomic E-state index is 12.2. The number of ether oxygens (including phenoxy) is 1. The van der Waals surface area contributed by atoms with Gasteiger partial charge in [-0.1, -0.05) is 36.0 Å². The molecule has 1 amide bonds. The van der Waals surface area contributed by atoms with Crippen LogP contribution in [-0.2, 0) is 29.1 Å². The van der Waals surface area contributed by atoms with Gasteiger partial charge in [0.1, 0.15) is 0 Å². The fourth-order valence-corrected chi connectivity index (χ4v) is 3.14. The van der Waals surface area contributed by atoms with Crippen molar-refractivity contribution < 1.29 is 9.53 Å². The van der Waals surface area contributed by atoms with Crippen molar-refractivity contribution in [2.75, 3.05) is 13.4 Å². The molecule has 0 radical (unpaired) electrons. The van der Waals surface area contributed by atoms with Gasteiger partial charge >= 0.3 is 0 Å². The highest BCUT2D eigenvalue weighted by Gasteiger charge is 2.10. The molecule has 2 aromatic rings. The Morgan fingerprint density at radius 2 is 1.88 bits per heavy atom. The number of rotatable bonds is 8. The van der Waals surface area contributed by atoms with Gasteiger partial charge in [0.05, 0.1) is 6.61 Å². The second-order valence-electron chi connectivity index (χ2n) is 5.89. The zero-order valence-electron chi connectivity index (χ0n) is 15.3. The average molecular weight is 359 g/mol. The lowest BCUT2D eigenvalue weighted by Crippen LogP contribution is -2.23. The summed E-state index contributed by atoms with van der Waals surface area (Å²) < 4.78 is 5.13. The third kappa shape index (κ3) is 5.83. The zero-order valence-corrected chi connectivity index (χ0v) is 16.1. The van der Waals surface area contributed by atoms with Crippen molar-refractivity contribution >= 4 is 17.7 Å². The van der Waals surface area contributed by atoms with Crippen molar-refractivity contribution in [3.05, 3.63) is 52.3 Å². The topological polar surface area (TPSA) is 64.1 Å². The van der Waals surface area contributed by atoms with E-state index in [1.165, 1.54) is 11.8 Å². The summed E-state index contributed by atoms with van der Waals surface area (Å²) in [5.74, 6) is 0.0323. The van der Waals surface area contributed by atoms with Crippen molar-refractivity contribution in [2.24, 2.45) is 0 Å². The molecule has 0 fully saturated rings. The molecule has 0 unspecified atom stereocenters. The van der Waals surface area contributed by atoms with Crippen molar-refractivity contribution in [1.29, 1.82) is 0 Å². The first kappa shape index (κ1) is 19.4. The van der Waals surface area contributed by atoms with Crippen LogP contribution in [0.4, 0.5) is 0 Å². The molecule has 0 bridgehead atoms. The normalized spacial score (nSPS) is 10.7. The van der Waals surface area contributed by atoms with Crippen LogP contribution >= 0.6 is 11.8 Å². The van der Waals surface area contributed by atoms with Gasteiger partial charge in [-0.3, -0.25) is 4.79 Å². The van der Waals surface area contributed by atoms with Crippen LogP contribution in [0.25, 0.3) is 0 Å². The summed E-state index contributed by atoms with van der Waals surface area (Å²) >= 11 is 1.53. The lowest BCUT2D eigenvalue weighted by Gasteiger charge is -2.10. The van der Waals surface area contributed by atoms with E-state index in [1.54, 1.807) is 7.11 Å². The van der Waals surface area contributed by atoms with E-state index in [0.29, 0.717) is 26.0 Å². The number of methoxy groups -OCH3 is 1. The van der Waals surface area contributed by atoms with Gasteiger partial charge in [-0.2, -0.15) is 0 Å². The standard InChI is InChI=1S/C19H25N3O2S/c1-13-17(14(2)22-19(21-13)25-4)8-9-18(23)20-11-15-6-5-7-16(10-15)12-24-3/h5-7,10H,8-9,11-12H2,1-4H3,(H,20,23). The molecular weight excluding hydrogens is 334 g/mol. The molecule has 1 N–H and O–H groups in total. The number of aromatic nitrogens is 2. The summed E-state index contributed by atoms with van der Waals surface area (Å²) in [4.78, 5) is 21.1. The molecule has 134 valence electrons. The Morgan fingerprint density at radius 1 is 1.20 bits per heavy atom. The quantitative estimate of drug-likeness (QED) is 0.579. The van der Waals surface area contributed by atoms with Crippen LogP contribution in [-0.4, -0.2) is 29.2 Å². The highest BCUT2D eigenvalue weighted by Crippen LogP contribution is 2.17.